The van der Waals surface area contributed by atoms with Gasteiger partial charge < -0.3 is 20.8 Å². The Bertz CT molecular complexity index is 1430. The minimum Gasteiger partial charge on any atom is -0.506 e. The number of rotatable bonds is 24. The standard InChI is InChI=1S/C41H56N2O5/c1-2-3-4-5-6-7-8-9-10-11-12-13-14-15-16-17-21-34(41(47)48)31-38(44)43-35-26-23-32(24-27-35)29-30-42-40(46)37-28-25-33-20-18-19-22-36(33)39(37)45/h12-13,18-20,22-28,34,45H,2-11,14-17,21,29-31H2,1H3,(H,42,46)(H,43,44)(H,47,48)/b13-12+. The van der Waals surface area contributed by atoms with Crippen LogP contribution in [0, 0.1) is 5.92 Å². The molecule has 0 radical (unpaired) electrons. The van der Waals surface area contributed by atoms with Gasteiger partial charge in [0.1, 0.15) is 5.75 Å². The van der Waals surface area contributed by atoms with Crippen molar-refractivity contribution in [2.45, 2.75) is 116 Å². The predicted octanol–water partition coefficient (Wildman–Crippen LogP) is 9.97. The first-order chi connectivity index (χ1) is 23.4. The van der Waals surface area contributed by atoms with Crippen LogP contribution in [0.1, 0.15) is 126 Å². The molecule has 4 N–H and O–H groups in total. The van der Waals surface area contributed by atoms with Crippen LogP contribution in [-0.2, 0) is 16.0 Å². The molecule has 1 atom stereocenters. The number of nitrogens with one attached hydrogen (secondary N) is 2. The molecule has 2 amide bonds. The molecule has 3 aromatic carbocycles. The van der Waals surface area contributed by atoms with E-state index in [0.29, 0.717) is 30.5 Å². The van der Waals surface area contributed by atoms with Crippen LogP contribution in [0.25, 0.3) is 10.8 Å². The lowest BCUT2D eigenvalue weighted by Gasteiger charge is -2.13. The molecule has 0 fully saturated rings. The van der Waals surface area contributed by atoms with Crippen molar-refractivity contribution < 1.29 is 24.6 Å². The van der Waals surface area contributed by atoms with Gasteiger partial charge in [-0.25, -0.2) is 0 Å². The highest BCUT2D eigenvalue weighted by atomic mass is 16.4. The van der Waals surface area contributed by atoms with E-state index >= 15 is 0 Å². The van der Waals surface area contributed by atoms with E-state index in [1.165, 1.54) is 57.8 Å². The molecule has 1 unspecified atom stereocenters. The zero-order valence-electron chi connectivity index (χ0n) is 28.9. The maximum absolute atomic E-state index is 12.7. The first kappa shape index (κ1) is 38.3. The number of unbranched alkanes of at least 4 members (excludes halogenated alkanes) is 12. The highest BCUT2D eigenvalue weighted by Crippen LogP contribution is 2.28. The fourth-order valence-electron chi connectivity index (χ4n) is 6.00. The summed E-state index contributed by atoms with van der Waals surface area (Å²) in [6.45, 7) is 2.64. The van der Waals surface area contributed by atoms with Crippen LogP contribution in [-0.4, -0.2) is 34.5 Å². The molecule has 0 bridgehead atoms. The zero-order chi connectivity index (χ0) is 34.4. The normalized spacial score (nSPS) is 11.9. The van der Waals surface area contributed by atoms with Crippen molar-refractivity contribution in [3.63, 3.8) is 0 Å². The summed E-state index contributed by atoms with van der Waals surface area (Å²) in [4.78, 5) is 37.1. The first-order valence-corrected chi connectivity index (χ1v) is 18.1. The van der Waals surface area contributed by atoms with Gasteiger partial charge >= 0.3 is 5.97 Å². The highest BCUT2D eigenvalue weighted by Gasteiger charge is 2.21. The molecule has 3 rings (SSSR count). The topological polar surface area (TPSA) is 116 Å². The zero-order valence-corrected chi connectivity index (χ0v) is 28.9. The Labute approximate surface area is 287 Å². The fourth-order valence-corrected chi connectivity index (χ4v) is 6.00. The van der Waals surface area contributed by atoms with Crippen molar-refractivity contribution in [1.29, 1.82) is 0 Å². The van der Waals surface area contributed by atoms with Gasteiger partial charge in [0, 0.05) is 24.0 Å². The van der Waals surface area contributed by atoms with Gasteiger partial charge in [0.2, 0.25) is 5.91 Å². The Kier molecular flexibility index (Phi) is 17.9. The number of amides is 2. The van der Waals surface area contributed by atoms with Crippen LogP contribution in [0.2, 0.25) is 0 Å². The van der Waals surface area contributed by atoms with Crippen LogP contribution in [0.3, 0.4) is 0 Å². The van der Waals surface area contributed by atoms with Crippen molar-refractivity contribution in [2.75, 3.05) is 11.9 Å². The van der Waals surface area contributed by atoms with Gasteiger partial charge in [-0.3, -0.25) is 14.4 Å². The summed E-state index contributed by atoms with van der Waals surface area (Å²) >= 11 is 0. The molecule has 0 saturated carbocycles. The summed E-state index contributed by atoms with van der Waals surface area (Å²) in [6, 6.07) is 18.1. The molecule has 0 saturated heterocycles. The highest BCUT2D eigenvalue weighted by molar-refractivity contribution is 6.03. The molecular weight excluding hydrogens is 600 g/mol. The third-order valence-electron chi connectivity index (χ3n) is 8.93. The number of aliphatic carboxylic acids is 1. The number of carboxylic acids is 1. The van der Waals surface area contributed by atoms with E-state index in [4.69, 9.17) is 0 Å². The van der Waals surface area contributed by atoms with E-state index in [9.17, 15) is 24.6 Å². The molecule has 260 valence electrons. The van der Waals surface area contributed by atoms with E-state index < -0.39 is 11.9 Å². The Balaban J connectivity index is 1.26. The van der Waals surface area contributed by atoms with Crippen LogP contribution in [0.5, 0.6) is 5.75 Å². The summed E-state index contributed by atoms with van der Waals surface area (Å²) in [5.74, 6) is -2.31. The smallest absolute Gasteiger partial charge is 0.307 e. The fraction of sp³-hybridized carbons (Fsp3) is 0.488. The number of hydrogen-bond donors (Lipinski definition) is 4. The van der Waals surface area contributed by atoms with Gasteiger partial charge in [0.25, 0.3) is 5.91 Å². The minimum atomic E-state index is -0.930. The molecule has 7 heteroatoms. The number of benzene rings is 3. The Hall–Kier alpha value is -4.13. The SMILES string of the molecule is CCCCCCCCCCC/C=C/CCCCCC(CC(=O)Nc1ccc(CCNC(=O)c2ccc3ccccc3c2O)cc1)C(=O)O. The number of carboxylic acid groups (broad SMARTS) is 1. The third kappa shape index (κ3) is 14.3. The maximum Gasteiger partial charge on any atom is 0.307 e. The number of carbonyl (C=O) groups excluding carboxylic acids is 2. The molecule has 3 aromatic rings. The molecule has 0 aliphatic rings. The molecule has 0 aromatic heterocycles. The largest absolute Gasteiger partial charge is 0.506 e. The summed E-state index contributed by atoms with van der Waals surface area (Å²) in [5.41, 5.74) is 1.81. The maximum atomic E-state index is 12.7. The lowest BCUT2D eigenvalue weighted by Crippen LogP contribution is -2.25. The number of aromatic hydroxyl groups is 1. The molecule has 0 aliphatic carbocycles. The summed E-state index contributed by atoms with van der Waals surface area (Å²) in [7, 11) is 0. The molecule has 0 spiro atoms. The number of hydrogen-bond acceptors (Lipinski definition) is 4. The van der Waals surface area contributed by atoms with Crippen molar-refractivity contribution in [2.24, 2.45) is 5.92 Å². The van der Waals surface area contributed by atoms with E-state index in [-0.39, 0.29) is 29.5 Å². The van der Waals surface area contributed by atoms with Crippen molar-refractivity contribution in [1.82, 2.24) is 5.32 Å². The van der Waals surface area contributed by atoms with Crippen LogP contribution in [0.15, 0.2) is 72.8 Å². The molecule has 7 nitrogen and oxygen atoms in total. The molecular formula is C41H56N2O5. The average molecular weight is 657 g/mol. The van der Waals surface area contributed by atoms with Gasteiger partial charge in [-0.05, 0) is 67.7 Å². The van der Waals surface area contributed by atoms with E-state index in [1.807, 2.05) is 36.4 Å². The van der Waals surface area contributed by atoms with E-state index in [0.717, 1.165) is 43.1 Å². The van der Waals surface area contributed by atoms with Crippen molar-refractivity contribution in [3.8, 4) is 5.75 Å². The number of phenols is 1. The number of allylic oxidation sites excluding steroid dienone is 2. The second-order valence-electron chi connectivity index (χ2n) is 12.9. The molecule has 0 heterocycles. The molecule has 0 aliphatic heterocycles. The quantitative estimate of drug-likeness (QED) is 0.0566. The first-order valence-electron chi connectivity index (χ1n) is 18.1. The third-order valence-corrected chi connectivity index (χ3v) is 8.93. The number of fused-ring (bicyclic) bond motifs is 1. The predicted molar refractivity (Wildman–Crippen MR) is 197 cm³/mol. The summed E-state index contributed by atoms with van der Waals surface area (Å²) < 4.78 is 0. The van der Waals surface area contributed by atoms with Crippen molar-refractivity contribution >= 4 is 34.2 Å². The average Bonchev–Trinajstić information content (AvgIpc) is 3.08. The summed E-state index contributed by atoms with van der Waals surface area (Å²) in [5, 5.41) is 27.4. The Morgan fingerprint density at radius 2 is 1.38 bits per heavy atom. The van der Waals surface area contributed by atoms with Crippen LogP contribution >= 0.6 is 0 Å². The van der Waals surface area contributed by atoms with Crippen LogP contribution < -0.4 is 10.6 Å². The monoisotopic (exact) mass is 656 g/mol. The van der Waals surface area contributed by atoms with E-state index in [1.54, 1.807) is 24.3 Å². The molecule has 48 heavy (non-hydrogen) atoms. The minimum absolute atomic E-state index is 0.0294. The Morgan fingerprint density at radius 1 is 0.750 bits per heavy atom. The lowest BCUT2D eigenvalue weighted by atomic mass is 9.97. The van der Waals surface area contributed by atoms with E-state index in [2.05, 4.69) is 29.7 Å². The van der Waals surface area contributed by atoms with Gasteiger partial charge in [0.15, 0.2) is 0 Å². The van der Waals surface area contributed by atoms with Gasteiger partial charge in [0.05, 0.1) is 11.5 Å². The number of anilines is 1. The second kappa shape index (κ2) is 22.4. The van der Waals surface area contributed by atoms with Gasteiger partial charge in [-0.15, -0.1) is 0 Å². The second-order valence-corrected chi connectivity index (χ2v) is 12.9. The Morgan fingerprint density at radius 3 is 2.04 bits per heavy atom. The lowest BCUT2D eigenvalue weighted by molar-refractivity contribution is -0.143. The van der Waals surface area contributed by atoms with Crippen LogP contribution in [0.4, 0.5) is 5.69 Å². The van der Waals surface area contributed by atoms with Crippen molar-refractivity contribution in [3.05, 3.63) is 83.9 Å². The van der Waals surface area contributed by atoms with Gasteiger partial charge in [-0.2, -0.15) is 0 Å². The van der Waals surface area contributed by atoms with Gasteiger partial charge in [-0.1, -0.05) is 126 Å². The summed E-state index contributed by atoms with van der Waals surface area (Å²) in [6.07, 6.45) is 22.6. The number of carbonyl (C=O) groups is 3. The number of phenolic OH excluding ortho intramolecular Hbond substituents is 1.